The van der Waals surface area contributed by atoms with Crippen molar-refractivity contribution in [2.24, 2.45) is 0 Å². The zero-order valence-electron chi connectivity index (χ0n) is 8.18. The number of sulfonamides is 1. The van der Waals surface area contributed by atoms with Gasteiger partial charge >= 0.3 is 0 Å². The maximum atomic E-state index is 11.3. The van der Waals surface area contributed by atoms with Crippen LogP contribution in [0.15, 0.2) is 12.3 Å². The zero-order chi connectivity index (χ0) is 11.6. The molecule has 0 aliphatic heterocycles. The number of nitrogens with zero attached hydrogens (tertiary/aromatic N) is 1. The molecular weight excluding hydrogens is 220 g/mol. The van der Waals surface area contributed by atoms with Crippen molar-refractivity contribution in [1.82, 2.24) is 9.71 Å². The van der Waals surface area contributed by atoms with Crippen molar-refractivity contribution in [2.45, 2.75) is 6.92 Å². The SMILES string of the molecule is Cc1cc(O)c(C(=O)NS(C)(=O)=O)cn1. The zero-order valence-corrected chi connectivity index (χ0v) is 9.00. The summed E-state index contributed by atoms with van der Waals surface area (Å²) in [6, 6.07) is 1.27. The van der Waals surface area contributed by atoms with Crippen LogP contribution in [0.5, 0.6) is 5.75 Å². The van der Waals surface area contributed by atoms with Crippen LogP contribution in [0.1, 0.15) is 16.1 Å². The lowest BCUT2D eigenvalue weighted by Crippen LogP contribution is -2.29. The quantitative estimate of drug-likeness (QED) is 0.732. The number of aryl methyl sites for hydroxylation is 1. The number of amides is 1. The summed E-state index contributed by atoms with van der Waals surface area (Å²) < 4.78 is 23.2. The molecule has 0 radical (unpaired) electrons. The average Bonchev–Trinajstić information content (AvgIpc) is 1.99. The fourth-order valence-electron chi connectivity index (χ4n) is 0.944. The molecule has 0 aromatic carbocycles. The molecule has 15 heavy (non-hydrogen) atoms. The third kappa shape index (κ3) is 3.21. The van der Waals surface area contributed by atoms with Gasteiger partial charge in [0.05, 0.1) is 6.26 Å². The minimum atomic E-state index is -3.64. The minimum Gasteiger partial charge on any atom is -0.507 e. The van der Waals surface area contributed by atoms with Crippen LogP contribution in [0.3, 0.4) is 0 Å². The van der Waals surface area contributed by atoms with Crippen molar-refractivity contribution in [2.75, 3.05) is 6.26 Å². The van der Waals surface area contributed by atoms with Gasteiger partial charge in [-0.1, -0.05) is 0 Å². The average molecular weight is 230 g/mol. The Balaban J connectivity index is 3.02. The summed E-state index contributed by atoms with van der Waals surface area (Å²) in [6.45, 7) is 1.64. The minimum absolute atomic E-state index is 0.175. The van der Waals surface area contributed by atoms with E-state index in [1.807, 2.05) is 0 Å². The van der Waals surface area contributed by atoms with E-state index in [4.69, 9.17) is 0 Å². The van der Waals surface area contributed by atoms with Gasteiger partial charge in [-0.3, -0.25) is 9.78 Å². The van der Waals surface area contributed by atoms with Crippen LogP contribution in [0.2, 0.25) is 0 Å². The number of nitrogens with one attached hydrogen (secondary N) is 1. The number of carbonyl (C=O) groups is 1. The first-order valence-corrected chi connectivity index (χ1v) is 5.86. The van der Waals surface area contributed by atoms with Crippen LogP contribution < -0.4 is 4.72 Å². The van der Waals surface area contributed by atoms with E-state index in [0.717, 1.165) is 12.5 Å². The first-order valence-electron chi connectivity index (χ1n) is 3.97. The van der Waals surface area contributed by atoms with Gasteiger partial charge in [0.1, 0.15) is 11.3 Å². The van der Waals surface area contributed by atoms with Gasteiger partial charge < -0.3 is 5.11 Å². The van der Waals surface area contributed by atoms with Crippen LogP contribution in [0.25, 0.3) is 0 Å². The van der Waals surface area contributed by atoms with Crippen molar-refractivity contribution < 1.29 is 18.3 Å². The van der Waals surface area contributed by atoms with Crippen molar-refractivity contribution in [1.29, 1.82) is 0 Å². The van der Waals surface area contributed by atoms with Gasteiger partial charge in [0, 0.05) is 18.0 Å². The fourth-order valence-corrected chi connectivity index (χ4v) is 1.39. The topological polar surface area (TPSA) is 96.4 Å². The first-order chi connectivity index (χ1) is 6.79. The van der Waals surface area contributed by atoms with Gasteiger partial charge in [-0.05, 0) is 6.92 Å². The van der Waals surface area contributed by atoms with Crippen molar-refractivity contribution in [3.05, 3.63) is 23.5 Å². The summed E-state index contributed by atoms with van der Waals surface area (Å²) >= 11 is 0. The molecule has 0 saturated carbocycles. The van der Waals surface area contributed by atoms with E-state index >= 15 is 0 Å². The Morgan fingerprint density at radius 2 is 2.13 bits per heavy atom. The molecule has 2 N–H and O–H groups in total. The Bertz CT molecular complexity index is 495. The predicted octanol–water partition coefficient (Wildman–Crippen LogP) is -0.215. The second-order valence-electron chi connectivity index (χ2n) is 3.05. The van der Waals surface area contributed by atoms with Crippen molar-refractivity contribution in [3.8, 4) is 5.75 Å². The molecule has 1 aromatic rings. The van der Waals surface area contributed by atoms with Crippen LogP contribution in [0, 0.1) is 6.92 Å². The molecule has 1 rings (SSSR count). The molecule has 82 valence electrons. The van der Waals surface area contributed by atoms with Gasteiger partial charge in [-0.2, -0.15) is 0 Å². The summed E-state index contributed by atoms with van der Waals surface area (Å²) in [5.41, 5.74) is 0.356. The molecule has 0 aliphatic rings. The van der Waals surface area contributed by atoms with Crippen molar-refractivity contribution >= 4 is 15.9 Å². The van der Waals surface area contributed by atoms with E-state index < -0.39 is 15.9 Å². The Morgan fingerprint density at radius 3 is 2.60 bits per heavy atom. The lowest BCUT2D eigenvalue weighted by molar-refractivity contribution is 0.0978. The van der Waals surface area contributed by atoms with E-state index in [2.05, 4.69) is 4.98 Å². The van der Waals surface area contributed by atoms with E-state index in [1.54, 1.807) is 11.6 Å². The first kappa shape index (κ1) is 11.4. The highest BCUT2D eigenvalue weighted by molar-refractivity contribution is 7.89. The van der Waals surface area contributed by atoms with E-state index in [0.29, 0.717) is 5.69 Å². The molecule has 0 saturated heterocycles. The number of aromatic hydroxyl groups is 1. The van der Waals surface area contributed by atoms with Gasteiger partial charge in [0.15, 0.2) is 0 Å². The number of hydrogen-bond acceptors (Lipinski definition) is 5. The molecule has 6 nitrogen and oxygen atoms in total. The summed E-state index contributed by atoms with van der Waals surface area (Å²) in [5, 5.41) is 9.36. The molecule has 0 spiro atoms. The summed E-state index contributed by atoms with van der Waals surface area (Å²) in [6.07, 6.45) is 1.97. The third-order valence-electron chi connectivity index (χ3n) is 1.54. The standard InChI is InChI=1S/C8H10N2O4S/c1-5-3-7(11)6(4-9-5)8(12)10-15(2,13)14/h3-4H,1-2H3,(H,9,11)(H,10,12). The van der Waals surface area contributed by atoms with Gasteiger partial charge in [-0.25, -0.2) is 13.1 Å². The second kappa shape index (κ2) is 3.85. The van der Waals surface area contributed by atoms with Crippen molar-refractivity contribution in [3.63, 3.8) is 0 Å². The summed E-state index contributed by atoms with van der Waals surface area (Å²) in [5.74, 6) is -1.20. The largest absolute Gasteiger partial charge is 0.507 e. The van der Waals surface area contributed by atoms with Crippen LogP contribution in [-0.2, 0) is 10.0 Å². The lowest BCUT2D eigenvalue weighted by atomic mass is 10.2. The molecule has 0 atom stereocenters. The van der Waals surface area contributed by atoms with E-state index in [9.17, 15) is 18.3 Å². The third-order valence-corrected chi connectivity index (χ3v) is 2.10. The highest BCUT2D eigenvalue weighted by atomic mass is 32.2. The van der Waals surface area contributed by atoms with Gasteiger partial charge in [-0.15, -0.1) is 0 Å². The number of aromatic nitrogens is 1. The number of rotatable bonds is 2. The molecule has 0 fully saturated rings. The van der Waals surface area contributed by atoms with Crippen LogP contribution >= 0.6 is 0 Å². The van der Waals surface area contributed by atoms with Gasteiger partial charge in [0.2, 0.25) is 10.0 Å². The monoisotopic (exact) mass is 230 g/mol. The molecule has 0 unspecified atom stereocenters. The fraction of sp³-hybridized carbons (Fsp3) is 0.250. The number of hydrogen-bond donors (Lipinski definition) is 2. The van der Waals surface area contributed by atoms with Crippen LogP contribution in [0.4, 0.5) is 0 Å². The van der Waals surface area contributed by atoms with Crippen LogP contribution in [-0.4, -0.2) is 30.7 Å². The molecule has 0 bridgehead atoms. The lowest BCUT2D eigenvalue weighted by Gasteiger charge is -2.04. The Morgan fingerprint density at radius 1 is 1.53 bits per heavy atom. The molecule has 7 heteroatoms. The maximum absolute atomic E-state index is 11.3. The number of pyridine rings is 1. The second-order valence-corrected chi connectivity index (χ2v) is 4.79. The Kier molecular flexibility index (Phi) is 2.94. The molecule has 1 amide bonds. The predicted molar refractivity (Wildman–Crippen MR) is 52.9 cm³/mol. The molecule has 0 aliphatic carbocycles. The Labute approximate surface area is 87.0 Å². The highest BCUT2D eigenvalue weighted by Gasteiger charge is 2.15. The normalized spacial score (nSPS) is 11.1. The van der Waals surface area contributed by atoms with E-state index in [1.165, 1.54) is 6.07 Å². The number of carbonyl (C=O) groups excluding carboxylic acids is 1. The van der Waals surface area contributed by atoms with E-state index in [-0.39, 0.29) is 11.3 Å². The molecule has 1 heterocycles. The summed E-state index contributed by atoms with van der Waals surface area (Å²) in [7, 11) is -3.64. The summed E-state index contributed by atoms with van der Waals surface area (Å²) in [4.78, 5) is 15.1. The maximum Gasteiger partial charge on any atom is 0.270 e. The highest BCUT2D eigenvalue weighted by Crippen LogP contribution is 2.16. The molecule has 1 aromatic heterocycles. The van der Waals surface area contributed by atoms with Gasteiger partial charge in [0.25, 0.3) is 5.91 Å². The Hall–Kier alpha value is -1.63. The smallest absolute Gasteiger partial charge is 0.270 e. The molecular formula is C8H10N2O4S.